The molecule has 3 aromatic rings. The van der Waals surface area contributed by atoms with Crippen LogP contribution in [-0.2, 0) is 26.4 Å². The molecule has 2 N–H and O–H groups in total. The van der Waals surface area contributed by atoms with Crippen LogP contribution in [0.4, 0.5) is 17.1 Å². The van der Waals surface area contributed by atoms with E-state index in [0.29, 0.717) is 0 Å². The highest BCUT2D eigenvalue weighted by Crippen LogP contribution is 2.31. The molecule has 4 rings (SSSR count). The fraction of sp³-hybridized carbons (Fsp3) is 0.278. The Kier molecular flexibility index (Phi) is 3.54. The minimum atomic E-state index is 0. The highest BCUT2D eigenvalue weighted by atomic mass is 15.6. The van der Waals surface area contributed by atoms with Gasteiger partial charge in [0.2, 0.25) is 0 Å². The molecule has 2 aromatic carbocycles. The normalized spacial score (nSPS) is 12.9. The summed E-state index contributed by atoms with van der Waals surface area (Å²) in [5.74, 6) is 0. The largest absolute Gasteiger partial charge is 0.383 e. The Bertz CT molecular complexity index is 824. The van der Waals surface area contributed by atoms with Gasteiger partial charge in [-0.05, 0) is 48.2 Å². The van der Waals surface area contributed by atoms with Crippen molar-refractivity contribution in [1.29, 1.82) is 0 Å². The van der Waals surface area contributed by atoms with Crippen molar-refractivity contribution in [1.82, 2.24) is 14.6 Å². The summed E-state index contributed by atoms with van der Waals surface area (Å²) in [6, 6.07) is 15.1. The van der Waals surface area contributed by atoms with E-state index in [1.54, 1.807) is 0 Å². The Labute approximate surface area is 138 Å². The lowest BCUT2D eigenvalue weighted by molar-refractivity contribution is 0.371. The molecule has 0 aliphatic carbocycles. The quantitative estimate of drug-likeness (QED) is 0.773. The first-order chi connectivity index (χ1) is 11.3. The van der Waals surface area contributed by atoms with Gasteiger partial charge in [0.05, 0.1) is 6.54 Å². The van der Waals surface area contributed by atoms with Crippen molar-refractivity contribution in [3.63, 3.8) is 0 Å². The van der Waals surface area contributed by atoms with Crippen molar-refractivity contribution < 1.29 is 2.85 Å². The van der Waals surface area contributed by atoms with Gasteiger partial charge in [0.25, 0.3) is 0 Å². The molecule has 0 atom stereocenters. The summed E-state index contributed by atoms with van der Waals surface area (Å²) in [7, 11) is 2.00. The van der Waals surface area contributed by atoms with Gasteiger partial charge in [0.1, 0.15) is 6.33 Å². The average Bonchev–Trinajstić information content (AvgIpc) is 2.76. The number of aryl methyl sites for hydroxylation is 3. The molecule has 1 aliphatic heterocycles. The standard InChI is InChI=1S/C18H21N5.2H2/c1-22-13-20-23(22)11-10-19-16-8-9-18-15(12-16)7-6-14-4-2-3-5-17(14)21-18;;/h2-5,8-9,12-13,19,21H,6-7,10-11H2,1H3;2*1H. The van der Waals surface area contributed by atoms with Crippen molar-refractivity contribution in [3.8, 4) is 0 Å². The highest BCUT2D eigenvalue weighted by Gasteiger charge is 2.12. The van der Waals surface area contributed by atoms with Crippen molar-refractivity contribution in [2.75, 3.05) is 17.2 Å². The van der Waals surface area contributed by atoms with E-state index in [4.69, 9.17) is 0 Å². The van der Waals surface area contributed by atoms with Gasteiger partial charge in [-0.3, -0.25) is 4.68 Å². The molecule has 0 amide bonds. The zero-order valence-corrected chi connectivity index (χ0v) is 13.3. The fourth-order valence-corrected chi connectivity index (χ4v) is 3.05. The first-order valence-corrected chi connectivity index (χ1v) is 8.06. The van der Waals surface area contributed by atoms with Crippen molar-refractivity contribution in [2.45, 2.75) is 19.4 Å². The minimum Gasteiger partial charge on any atom is -0.383 e. The summed E-state index contributed by atoms with van der Waals surface area (Å²) >= 11 is 0. The Morgan fingerprint density at radius 2 is 1.96 bits per heavy atom. The van der Waals surface area contributed by atoms with E-state index in [9.17, 15) is 0 Å². The van der Waals surface area contributed by atoms with Crippen LogP contribution in [0.15, 0.2) is 48.8 Å². The number of hydrogen-bond donors (Lipinski definition) is 2. The Morgan fingerprint density at radius 3 is 2.78 bits per heavy atom. The molecule has 1 aromatic heterocycles. The van der Waals surface area contributed by atoms with Crippen LogP contribution < -0.4 is 10.6 Å². The van der Waals surface area contributed by atoms with Gasteiger partial charge >= 0.3 is 0 Å². The number of para-hydroxylation sites is 1. The van der Waals surface area contributed by atoms with E-state index in [2.05, 4.69) is 58.2 Å². The lowest BCUT2D eigenvalue weighted by Gasteiger charge is -2.16. The van der Waals surface area contributed by atoms with Crippen LogP contribution >= 0.6 is 0 Å². The third-order valence-electron chi connectivity index (χ3n) is 4.41. The molecular weight excluding hydrogens is 286 g/mol. The van der Waals surface area contributed by atoms with E-state index < -0.39 is 0 Å². The minimum absolute atomic E-state index is 0. The SMILES string of the molecule is Cn1cnn1CCNc1ccc2c(c1)CCc1ccccc1N2.[HH].[HH]. The molecule has 0 spiro atoms. The van der Waals surface area contributed by atoms with Gasteiger partial charge in [-0.25, -0.2) is 4.80 Å². The van der Waals surface area contributed by atoms with Gasteiger partial charge in [-0.1, -0.05) is 18.2 Å². The molecule has 2 heterocycles. The molecule has 5 heteroatoms. The van der Waals surface area contributed by atoms with Gasteiger partial charge in [-0.2, -0.15) is 0 Å². The van der Waals surface area contributed by atoms with Crippen molar-refractivity contribution in [3.05, 3.63) is 59.9 Å². The highest BCUT2D eigenvalue weighted by molar-refractivity contribution is 5.70. The number of hydrogen-bond acceptors (Lipinski definition) is 3. The van der Waals surface area contributed by atoms with E-state index in [1.807, 2.05) is 22.9 Å². The molecule has 1 aliphatic rings. The van der Waals surface area contributed by atoms with Gasteiger partial charge in [0.15, 0.2) is 0 Å². The smallest absolute Gasteiger partial charge is 0.133 e. The first-order valence-electron chi connectivity index (χ1n) is 8.06. The van der Waals surface area contributed by atoms with E-state index >= 15 is 0 Å². The van der Waals surface area contributed by atoms with E-state index in [1.165, 1.54) is 28.2 Å². The average molecular weight is 311 g/mol. The van der Waals surface area contributed by atoms with Crippen LogP contribution in [0.5, 0.6) is 0 Å². The van der Waals surface area contributed by atoms with Crippen LogP contribution in [0.1, 0.15) is 14.0 Å². The van der Waals surface area contributed by atoms with Crippen LogP contribution in [0.3, 0.4) is 0 Å². The predicted molar refractivity (Wildman–Crippen MR) is 97.5 cm³/mol. The topological polar surface area (TPSA) is 46.8 Å². The number of aromatic nitrogens is 3. The third-order valence-corrected chi connectivity index (χ3v) is 4.41. The lowest BCUT2D eigenvalue weighted by Crippen LogP contribution is -2.25. The number of fused-ring (bicyclic) bond motifs is 2. The molecule has 0 bridgehead atoms. The zero-order valence-electron chi connectivity index (χ0n) is 13.3. The summed E-state index contributed by atoms with van der Waals surface area (Å²) in [5.41, 5.74) is 6.36. The summed E-state index contributed by atoms with van der Waals surface area (Å²) in [4.78, 5) is 1.94. The van der Waals surface area contributed by atoms with Crippen LogP contribution in [0.25, 0.3) is 0 Å². The second kappa shape index (κ2) is 5.83. The molecular formula is C18H25N5. The second-order valence-electron chi connectivity index (χ2n) is 5.98. The summed E-state index contributed by atoms with van der Waals surface area (Å²) < 4.78 is 1.99. The summed E-state index contributed by atoms with van der Waals surface area (Å²) in [5, 5.41) is 11.2. The number of rotatable bonds is 4. The van der Waals surface area contributed by atoms with Crippen molar-refractivity contribution in [2.24, 2.45) is 7.05 Å². The molecule has 0 saturated carbocycles. The van der Waals surface area contributed by atoms with E-state index in [0.717, 1.165) is 25.9 Å². The van der Waals surface area contributed by atoms with Crippen LogP contribution in [-0.4, -0.2) is 21.1 Å². The van der Waals surface area contributed by atoms with Crippen LogP contribution in [0.2, 0.25) is 0 Å². The molecule has 5 nitrogen and oxygen atoms in total. The van der Waals surface area contributed by atoms with E-state index in [-0.39, 0.29) is 2.85 Å². The lowest BCUT2D eigenvalue weighted by atomic mass is 10.0. The fourth-order valence-electron chi connectivity index (χ4n) is 3.05. The summed E-state index contributed by atoms with van der Waals surface area (Å²) in [6.07, 6.45) is 3.95. The Balaban J connectivity index is 0.00000113. The number of nitrogens with one attached hydrogen (secondary N) is 2. The summed E-state index contributed by atoms with van der Waals surface area (Å²) in [6.45, 7) is 1.74. The predicted octanol–water partition coefficient (Wildman–Crippen LogP) is 3.67. The molecule has 122 valence electrons. The van der Waals surface area contributed by atoms with Crippen LogP contribution in [0, 0.1) is 0 Å². The number of nitrogens with zero attached hydrogens (tertiary/aromatic N) is 3. The Hall–Kier alpha value is -2.69. The molecule has 0 saturated heterocycles. The second-order valence-corrected chi connectivity index (χ2v) is 5.98. The first kappa shape index (κ1) is 13.9. The molecule has 0 radical (unpaired) electrons. The maximum atomic E-state index is 4.17. The maximum Gasteiger partial charge on any atom is 0.133 e. The number of anilines is 3. The molecule has 0 fully saturated rings. The Morgan fingerprint density at radius 1 is 1.13 bits per heavy atom. The van der Waals surface area contributed by atoms with Gasteiger partial charge in [0, 0.05) is 33.5 Å². The molecule has 23 heavy (non-hydrogen) atoms. The third kappa shape index (κ3) is 2.82. The zero-order chi connectivity index (χ0) is 15.6. The number of benzene rings is 2. The monoisotopic (exact) mass is 311 g/mol. The van der Waals surface area contributed by atoms with Gasteiger partial charge < -0.3 is 10.6 Å². The maximum absolute atomic E-state index is 4.17. The van der Waals surface area contributed by atoms with Crippen molar-refractivity contribution >= 4 is 17.1 Å². The van der Waals surface area contributed by atoms with Gasteiger partial charge in [-0.15, -0.1) is 5.10 Å². The molecule has 0 unspecified atom stereocenters.